The molecule has 1 atom stereocenters. The molecular formula is C18H16Cl2N2O3. The Morgan fingerprint density at radius 3 is 2.72 bits per heavy atom. The Labute approximate surface area is 155 Å². The van der Waals surface area contributed by atoms with Crippen LogP contribution in [0.4, 0.5) is 11.4 Å². The van der Waals surface area contributed by atoms with Gasteiger partial charge in [-0.2, -0.15) is 0 Å². The molecule has 0 bridgehead atoms. The van der Waals surface area contributed by atoms with Crippen LogP contribution in [-0.4, -0.2) is 24.5 Å². The first-order valence-electron chi connectivity index (χ1n) is 7.77. The second kappa shape index (κ2) is 7.33. The van der Waals surface area contributed by atoms with Crippen LogP contribution in [0, 0.1) is 0 Å². The molecule has 1 heterocycles. The first-order chi connectivity index (χ1) is 12.0. The van der Waals surface area contributed by atoms with Gasteiger partial charge < -0.3 is 15.0 Å². The third-order valence-corrected chi connectivity index (χ3v) is 4.58. The predicted molar refractivity (Wildman–Crippen MR) is 98.6 cm³/mol. The van der Waals surface area contributed by atoms with Crippen molar-refractivity contribution in [1.29, 1.82) is 0 Å². The van der Waals surface area contributed by atoms with E-state index in [4.69, 9.17) is 27.9 Å². The van der Waals surface area contributed by atoms with Gasteiger partial charge in [-0.25, -0.2) is 0 Å². The lowest BCUT2D eigenvalue weighted by Gasteiger charge is -2.32. The van der Waals surface area contributed by atoms with Gasteiger partial charge >= 0.3 is 0 Å². The maximum atomic E-state index is 12.4. The highest BCUT2D eigenvalue weighted by atomic mass is 35.5. The Balaban J connectivity index is 1.67. The number of carbonyl (C=O) groups excluding carboxylic acids is 2. The summed E-state index contributed by atoms with van der Waals surface area (Å²) in [6, 6.07) is 12.1. The van der Waals surface area contributed by atoms with Crippen molar-refractivity contribution in [1.82, 2.24) is 0 Å². The standard InChI is InChI=1S/C18H16Cl2N2O3/c1-11-18(24)22(15-4-2-3-5-16(15)25-11)9-8-17(23)21-12-6-7-13(19)14(20)10-12/h2-7,10-11H,8-9H2,1H3,(H,21,23). The van der Waals surface area contributed by atoms with Crippen LogP contribution in [0.1, 0.15) is 13.3 Å². The SMILES string of the molecule is CC1Oc2ccccc2N(CCC(=O)Nc2ccc(Cl)c(Cl)c2)C1=O. The number of amides is 2. The Kier molecular flexibility index (Phi) is 5.16. The molecule has 0 spiro atoms. The summed E-state index contributed by atoms with van der Waals surface area (Å²) in [5, 5.41) is 3.54. The summed E-state index contributed by atoms with van der Waals surface area (Å²) in [5.41, 5.74) is 1.23. The number of carbonyl (C=O) groups is 2. The first-order valence-corrected chi connectivity index (χ1v) is 8.53. The van der Waals surface area contributed by atoms with Crippen LogP contribution >= 0.6 is 23.2 Å². The number of halogens is 2. The first kappa shape index (κ1) is 17.6. The van der Waals surface area contributed by atoms with Gasteiger partial charge in [0.05, 0.1) is 15.7 Å². The Morgan fingerprint density at radius 2 is 1.96 bits per heavy atom. The number of benzene rings is 2. The molecule has 2 aromatic carbocycles. The summed E-state index contributed by atoms with van der Waals surface area (Å²) in [4.78, 5) is 26.2. The third kappa shape index (κ3) is 3.89. The molecule has 0 aliphatic carbocycles. The maximum Gasteiger partial charge on any atom is 0.267 e. The van der Waals surface area contributed by atoms with E-state index in [2.05, 4.69) is 5.32 Å². The van der Waals surface area contributed by atoms with E-state index in [1.54, 1.807) is 42.2 Å². The number of anilines is 2. The number of fused-ring (bicyclic) bond motifs is 1. The minimum Gasteiger partial charge on any atom is -0.479 e. The second-order valence-corrected chi connectivity index (χ2v) is 6.46. The summed E-state index contributed by atoms with van der Waals surface area (Å²) in [6.45, 7) is 1.96. The van der Waals surface area contributed by atoms with Gasteiger partial charge in [0.25, 0.3) is 5.91 Å². The van der Waals surface area contributed by atoms with Crippen molar-refractivity contribution < 1.29 is 14.3 Å². The third-order valence-electron chi connectivity index (χ3n) is 3.84. The van der Waals surface area contributed by atoms with E-state index in [1.165, 1.54) is 0 Å². The summed E-state index contributed by atoms with van der Waals surface area (Å²) < 4.78 is 5.58. The number of para-hydroxylation sites is 2. The fraction of sp³-hybridized carbons (Fsp3) is 0.222. The summed E-state index contributed by atoms with van der Waals surface area (Å²) >= 11 is 11.8. The van der Waals surface area contributed by atoms with Gasteiger partial charge in [-0.3, -0.25) is 9.59 Å². The zero-order chi connectivity index (χ0) is 18.0. The van der Waals surface area contributed by atoms with Crippen LogP contribution in [0.3, 0.4) is 0 Å². The van der Waals surface area contributed by atoms with E-state index in [0.29, 0.717) is 27.2 Å². The van der Waals surface area contributed by atoms with Crippen LogP contribution in [0.2, 0.25) is 10.0 Å². The van der Waals surface area contributed by atoms with Gasteiger partial charge in [-0.15, -0.1) is 0 Å². The minimum absolute atomic E-state index is 0.146. The minimum atomic E-state index is -0.576. The number of ether oxygens (including phenoxy) is 1. The fourth-order valence-corrected chi connectivity index (χ4v) is 2.90. The van der Waals surface area contributed by atoms with Gasteiger partial charge in [0.2, 0.25) is 5.91 Å². The number of nitrogens with one attached hydrogen (secondary N) is 1. The molecule has 2 aromatic rings. The molecule has 130 valence electrons. The summed E-state index contributed by atoms with van der Waals surface area (Å²) in [5.74, 6) is 0.253. The lowest BCUT2D eigenvalue weighted by molar-refractivity contribution is -0.125. The Hall–Kier alpha value is -2.24. The maximum absolute atomic E-state index is 12.4. The molecule has 0 radical (unpaired) electrons. The average Bonchev–Trinajstić information content (AvgIpc) is 2.58. The highest BCUT2D eigenvalue weighted by Crippen LogP contribution is 2.33. The molecular weight excluding hydrogens is 363 g/mol. The molecule has 2 amide bonds. The summed E-state index contributed by atoms with van der Waals surface area (Å²) in [7, 11) is 0. The summed E-state index contributed by atoms with van der Waals surface area (Å²) in [6.07, 6.45) is -0.430. The van der Waals surface area contributed by atoms with Crippen molar-refractivity contribution in [2.45, 2.75) is 19.4 Å². The zero-order valence-corrected chi connectivity index (χ0v) is 15.0. The molecule has 5 nitrogen and oxygen atoms in total. The highest BCUT2D eigenvalue weighted by Gasteiger charge is 2.31. The molecule has 0 saturated heterocycles. The zero-order valence-electron chi connectivity index (χ0n) is 13.5. The van der Waals surface area contributed by atoms with Crippen molar-refractivity contribution in [3.8, 4) is 5.75 Å². The number of hydrogen-bond donors (Lipinski definition) is 1. The quantitative estimate of drug-likeness (QED) is 0.869. The number of rotatable bonds is 4. The molecule has 0 fully saturated rings. The number of hydrogen-bond acceptors (Lipinski definition) is 3. The smallest absolute Gasteiger partial charge is 0.267 e. The molecule has 3 rings (SSSR count). The van der Waals surface area contributed by atoms with Crippen molar-refractivity contribution >= 4 is 46.4 Å². The van der Waals surface area contributed by atoms with E-state index in [9.17, 15) is 9.59 Å². The number of nitrogens with zero attached hydrogens (tertiary/aromatic N) is 1. The monoisotopic (exact) mass is 378 g/mol. The molecule has 7 heteroatoms. The lowest BCUT2D eigenvalue weighted by Crippen LogP contribution is -2.45. The molecule has 0 saturated carbocycles. The Morgan fingerprint density at radius 1 is 1.20 bits per heavy atom. The van der Waals surface area contributed by atoms with E-state index < -0.39 is 6.10 Å². The van der Waals surface area contributed by atoms with Crippen LogP contribution < -0.4 is 15.0 Å². The molecule has 0 aromatic heterocycles. The predicted octanol–water partition coefficient (Wildman–Crippen LogP) is 4.14. The van der Waals surface area contributed by atoms with Crippen molar-refractivity contribution in [2.24, 2.45) is 0 Å². The van der Waals surface area contributed by atoms with E-state index in [-0.39, 0.29) is 24.8 Å². The van der Waals surface area contributed by atoms with E-state index in [1.807, 2.05) is 12.1 Å². The van der Waals surface area contributed by atoms with Crippen molar-refractivity contribution in [3.63, 3.8) is 0 Å². The van der Waals surface area contributed by atoms with Crippen LogP contribution in [-0.2, 0) is 9.59 Å². The molecule has 1 unspecified atom stereocenters. The van der Waals surface area contributed by atoms with Gasteiger partial charge in [-0.05, 0) is 37.3 Å². The van der Waals surface area contributed by atoms with Gasteiger partial charge in [0.1, 0.15) is 5.75 Å². The average molecular weight is 379 g/mol. The Bertz CT molecular complexity index is 826. The van der Waals surface area contributed by atoms with Crippen molar-refractivity contribution in [3.05, 3.63) is 52.5 Å². The van der Waals surface area contributed by atoms with E-state index in [0.717, 1.165) is 0 Å². The van der Waals surface area contributed by atoms with Gasteiger partial charge in [-0.1, -0.05) is 35.3 Å². The van der Waals surface area contributed by atoms with Crippen molar-refractivity contribution in [2.75, 3.05) is 16.8 Å². The molecule has 25 heavy (non-hydrogen) atoms. The van der Waals surface area contributed by atoms with Crippen LogP contribution in [0.25, 0.3) is 0 Å². The molecule has 1 aliphatic rings. The van der Waals surface area contributed by atoms with E-state index >= 15 is 0 Å². The normalized spacial score (nSPS) is 16.2. The highest BCUT2D eigenvalue weighted by molar-refractivity contribution is 6.42. The molecule has 1 N–H and O–H groups in total. The fourth-order valence-electron chi connectivity index (χ4n) is 2.60. The van der Waals surface area contributed by atoms with Gasteiger partial charge in [0.15, 0.2) is 6.10 Å². The lowest BCUT2D eigenvalue weighted by atomic mass is 10.1. The van der Waals surface area contributed by atoms with Gasteiger partial charge in [0, 0.05) is 18.7 Å². The largest absolute Gasteiger partial charge is 0.479 e. The second-order valence-electron chi connectivity index (χ2n) is 5.64. The topological polar surface area (TPSA) is 58.6 Å². The molecule has 1 aliphatic heterocycles. The van der Waals surface area contributed by atoms with Crippen LogP contribution in [0.15, 0.2) is 42.5 Å². The van der Waals surface area contributed by atoms with Crippen LogP contribution in [0.5, 0.6) is 5.75 Å².